The minimum Gasteiger partial charge on any atom is -0.283 e. The predicted molar refractivity (Wildman–Crippen MR) is 119 cm³/mol. The summed E-state index contributed by atoms with van der Waals surface area (Å²) < 4.78 is 3.37. The molecule has 8 heteroatoms. The summed E-state index contributed by atoms with van der Waals surface area (Å²) >= 11 is 0.881. The molecule has 0 atom stereocenters. The maximum absolute atomic E-state index is 12.9. The van der Waals surface area contributed by atoms with Crippen molar-refractivity contribution < 1.29 is 9.59 Å². The third kappa shape index (κ3) is 3.77. The van der Waals surface area contributed by atoms with Crippen LogP contribution >= 0.6 is 11.8 Å². The first-order valence-corrected chi connectivity index (χ1v) is 9.99. The molecule has 1 aliphatic heterocycles. The van der Waals surface area contributed by atoms with E-state index in [0.29, 0.717) is 10.6 Å². The van der Waals surface area contributed by atoms with Gasteiger partial charge in [-0.3, -0.25) is 24.4 Å². The van der Waals surface area contributed by atoms with Gasteiger partial charge in [0.1, 0.15) is 0 Å². The monoisotopic (exact) mass is 418 g/mol. The maximum Gasteiger partial charge on any atom is 0.297 e. The van der Waals surface area contributed by atoms with Gasteiger partial charge in [-0.1, -0.05) is 42.5 Å². The van der Waals surface area contributed by atoms with Crippen LogP contribution in [0.25, 0.3) is 11.8 Å². The Kier molecular flexibility index (Phi) is 5.24. The van der Waals surface area contributed by atoms with Gasteiger partial charge in [0, 0.05) is 13.3 Å². The first-order chi connectivity index (χ1) is 14.4. The van der Waals surface area contributed by atoms with Gasteiger partial charge in [-0.15, -0.1) is 0 Å². The van der Waals surface area contributed by atoms with Gasteiger partial charge in [0.05, 0.1) is 16.3 Å². The highest BCUT2D eigenvalue weighted by Gasteiger charge is 2.24. The normalized spacial score (nSPS) is 15.3. The summed E-state index contributed by atoms with van der Waals surface area (Å²) in [5, 5.41) is 1.86. The molecule has 1 aromatic heterocycles. The van der Waals surface area contributed by atoms with E-state index in [1.807, 2.05) is 68.6 Å². The first-order valence-electron chi connectivity index (χ1n) is 9.17. The topological polar surface area (TPSA) is 85.5 Å². The highest BCUT2D eigenvalue weighted by Crippen LogP contribution is 2.25. The van der Waals surface area contributed by atoms with Gasteiger partial charge < -0.3 is 0 Å². The van der Waals surface area contributed by atoms with Crippen LogP contribution in [0.4, 0.5) is 10.5 Å². The zero-order valence-corrected chi connectivity index (χ0v) is 17.1. The Balaban J connectivity index is 1.59. The molecule has 0 aliphatic carbocycles. The van der Waals surface area contributed by atoms with Crippen LogP contribution in [0, 0.1) is 6.92 Å². The van der Waals surface area contributed by atoms with E-state index in [9.17, 15) is 14.4 Å². The van der Waals surface area contributed by atoms with E-state index in [2.05, 4.69) is 10.3 Å². The number of rotatable bonds is 4. The zero-order chi connectivity index (χ0) is 21.3. The average Bonchev–Trinajstić information content (AvgIpc) is 3.16. The number of imide groups is 1. The zero-order valence-electron chi connectivity index (χ0n) is 16.3. The molecule has 0 saturated carbocycles. The second-order valence-corrected chi connectivity index (χ2v) is 7.70. The fourth-order valence-electron chi connectivity index (χ4n) is 3.09. The lowest BCUT2D eigenvalue weighted by atomic mass is 10.1. The number of hydrogen-bond acceptors (Lipinski definition) is 5. The molecule has 30 heavy (non-hydrogen) atoms. The fraction of sp³-hybridized carbons (Fsp3) is 0.0909. The number of amides is 2. The van der Waals surface area contributed by atoms with Crippen molar-refractivity contribution in [2.24, 2.45) is 12.0 Å². The summed E-state index contributed by atoms with van der Waals surface area (Å²) in [6.45, 7) is 1.86. The van der Waals surface area contributed by atoms with E-state index in [-0.39, 0.29) is 16.7 Å². The van der Waals surface area contributed by atoms with E-state index in [1.54, 1.807) is 21.7 Å². The molecule has 7 nitrogen and oxygen atoms in total. The number of aliphatic imine (C=N–C) groups is 1. The number of nitrogens with one attached hydrogen (secondary N) is 1. The lowest BCUT2D eigenvalue weighted by Crippen LogP contribution is -2.19. The summed E-state index contributed by atoms with van der Waals surface area (Å²) in [4.78, 5) is 40.6. The summed E-state index contributed by atoms with van der Waals surface area (Å²) in [6.07, 6.45) is 3.29. The van der Waals surface area contributed by atoms with Crippen LogP contribution in [-0.4, -0.2) is 26.7 Å². The molecule has 0 spiro atoms. The molecule has 2 heterocycles. The van der Waals surface area contributed by atoms with Gasteiger partial charge in [0.25, 0.3) is 16.7 Å². The molecule has 2 amide bonds. The molecule has 1 fully saturated rings. The molecular formula is C22H18N4O3S. The summed E-state index contributed by atoms with van der Waals surface area (Å²) in [7, 11) is 1.83. The quantitative estimate of drug-likeness (QED) is 0.519. The van der Waals surface area contributed by atoms with E-state index in [4.69, 9.17) is 0 Å². The van der Waals surface area contributed by atoms with Gasteiger partial charge in [-0.05, 0) is 48.0 Å². The lowest BCUT2D eigenvalue weighted by Gasteiger charge is -2.07. The molecular weight excluding hydrogens is 400 g/mol. The molecule has 1 N–H and O–H groups in total. The summed E-state index contributed by atoms with van der Waals surface area (Å²) in [6, 6.07) is 16.7. The van der Waals surface area contributed by atoms with Crippen molar-refractivity contribution in [3.63, 3.8) is 0 Å². The smallest absolute Gasteiger partial charge is 0.283 e. The SMILES string of the molecule is Cc1c(N=Cc2ccc(/C=C3/SC(=O)NC3=O)cc2)c(=O)n(-c2ccccc2)n1C. The number of carbonyl (C=O) groups excluding carboxylic acids is 2. The minimum atomic E-state index is -0.384. The van der Waals surface area contributed by atoms with Crippen LogP contribution in [0.1, 0.15) is 16.8 Å². The van der Waals surface area contributed by atoms with Crippen molar-refractivity contribution in [2.45, 2.75) is 6.92 Å². The second-order valence-electron chi connectivity index (χ2n) is 6.69. The fourth-order valence-corrected chi connectivity index (χ4v) is 3.77. The molecule has 2 aromatic carbocycles. The van der Waals surface area contributed by atoms with Crippen LogP contribution in [0.3, 0.4) is 0 Å². The van der Waals surface area contributed by atoms with Crippen molar-refractivity contribution in [2.75, 3.05) is 0 Å². The molecule has 150 valence electrons. The number of thioether (sulfide) groups is 1. The Hall–Kier alpha value is -3.65. The third-order valence-electron chi connectivity index (χ3n) is 4.74. The molecule has 0 radical (unpaired) electrons. The van der Waals surface area contributed by atoms with Crippen molar-refractivity contribution in [3.8, 4) is 5.69 Å². The maximum atomic E-state index is 12.9. The molecule has 0 unspecified atom stereocenters. The van der Waals surface area contributed by atoms with Crippen molar-refractivity contribution in [1.29, 1.82) is 0 Å². The minimum absolute atomic E-state index is 0.187. The molecule has 3 aromatic rings. The number of nitrogens with zero attached hydrogens (tertiary/aromatic N) is 3. The van der Waals surface area contributed by atoms with Crippen LogP contribution in [-0.2, 0) is 11.8 Å². The number of carbonyl (C=O) groups is 2. The van der Waals surface area contributed by atoms with Gasteiger partial charge in [-0.25, -0.2) is 9.67 Å². The van der Waals surface area contributed by atoms with Crippen LogP contribution in [0.5, 0.6) is 0 Å². The summed E-state index contributed by atoms with van der Waals surface area (Å²) in [5.74, 6) is -0.384. The lowest BCUT2D eigenvalue weighted by molar-refractivity contribution is -0.115. The van der Waals surface area contributed by atoms with Crippen LogP contribution in [0.2, 0.25) is 0 Å². The average molecular weight is 418 g/mol. The standard InChI is InChI=1S/C22H18N4O3S/c1-14-19(21(28)26(25(14)2)17-6-4-3-5-7-17)23-13-16-10-8-15(9-11-16)12-18-20(27)24-22(29)30-18/h3-13H,1-2H3,(H,24,27,29)/b18-12+,23-13?. The number of para-hydroxylation sites is 1. The summed E-state index contributed by atoms with van der Waals surface area (Å²) in [5.41, 5.74) is 3.33. The van der Waals surface area contributed by atoms with Crippen molar-refractivity contribution >= 4 is 40.9 Å². The predicted octanol–water partition coefficient (Wildman–Crippen LogP) is 3.56. The Morgan fingerprint density at radius 2 is 1.63 bits per heavy atom. The van der Waals surface area contributed by atoms with E-state index >= 15 is 0 Å². The number of hydrogen-bond donors (Lipinski definition) is 1. The Morgan fingerprint density at radius 3 is 2.27 bits per heavy atom. The van der Waals surface area contributed by atoms with Crippen LogP contribution in [0.15, 0.2) is 69.3 Å². The highest BCUT2D eigenvalue weighted by molar-refractivity contribution is 8.18. The number of benzene rings is 2. The molecule has 1 aliphatic rings. The first kappa shape index (κ1) is 19.7. The van der Waals surface area contributed by atoms with Gasteiger partial charge in [-0.2, -0.15) is 0 Å². The largest absolute Gasteiger partial charge is 0.297 e. The highest BCUT2D eigenvalue weighted by atomic mass is 32.2. The van der Waals surface area contributed by atoms with Gasteiger partial charge in [0.15, 0.2) is 5.69 Å². The molecule has 0 bridgehead atoms. The number of aromatic nitrogens is 2. The van der Waals surface area contributed by atoms with Gasteiger partial charge >= 0.3 is 0 Å². The van der Waals surface area contributed by atoms with Crippen molar-refractivity contribution in [1.82, 2.24) is 14.7 Å². The Labute approximate surface area is 176 Å². The van der Waals surface area contributed by atoms with Crippen LogP contribution < -0.4 is 10.9 Å². The van der Waals surface area contributed by atoms with Crippen molar-refractivity contribution in [3.05, 3.63) is 86.7 Å². The molecule has 1 saturated heterocycles. The second kappa shape index (κ2) is 8.00. The van der Waals surface area contributed by atoms with Gasteiger partial charge in [0.2, 0.25) is 0 Å². The van der Waals surface area contributed by atoms with E-state index in [0.717, 1.165) is 34.3 Å². The molecule has 4 rings (SSSR count). The Morgan fingerprint density at radius 1 is 0.967 bits per heavy atom. The third-order valence-corrected chi connectivity index (χ3v) is 5.55. The Bertz CT molecular complexity index is 1250. The van der Waals surface area contributed by atoms with E-state index in [1.165, 1.54) is 0 Å². The van der Waals surface area contributed by atoms with E-state index < -0.39 is 0 Å².